The van der Waals surface area contributed by atoms with Gasteiger partial charge in [-0.2, -0.15) is 0 Å². The van der Waals surface area contributed by atoms with E-state index in [9.17, 15) is 14.4 Å². The maximum absolute atomic E-state index is 13.8. The van der Waals surface area contributed by atoms with Gasteiger partial charge in [0.25, 0.3) is 5.91 Å². The molecule has 3 aromatic carbocycles. The van der Waals surface area contributed by atoms with Gasteiger partial charge >= 0.3 is 0 Å². The summed E-state index contributed by atoms with van der Waals surface area (Å²) < 4.78 is 17.7. The van der Waals surface area contributed by atoms with E-state index in [1.54, 1.807) is 30.3 Å². The monoisotopic (exact) mass is 573 g/mol. The Hall–Kier alpha value is -4.37. The summed E-state index contributed by atoms with van der Waals surface area (Å²) in [5.41, 5.74) is 8.87. The highest BCUT2D eigenvalue weighted by atomic mass is 16.5. The molecule has 222 valence electrons. The van der Waals surface area contributed by atoms with Crippen LogP contribution in [0.5, 0.6) is 17.2 Å². The normalized spacial score (nSPS) is 16.0. The molecule has 4 rings (SSSR count). The summed E-state index contributed by atoms with van der Waals surface area (Å²) >= 11 is 0. The highest BCUT2D eigenvalue weighted by molar-refractivity contribution is 6.11. The van der Waals surface area contributed by atoms with Crippen LogP contribution in [0.15, 0.2) is 78.9 Å². The summed E-state index contributed by atoms with van der Waals surface area (Å²) in [6.07, 6.45) is -0.508. The molecule has 0 aliphatic carbocycles. The van der Waals surface area contributed by atoms with E-state index >= 15 is 0 Å². The number of carbonyl (C=O) groups excluding carboxylic acids is 3. The minimum atomic E-state index is -1.97. The number of ether oxygens (including phenoxy) is 3. The predicted octanol–water partition coefficient (Wildman–Crippen LogP) is 4.37. The van der Waals surface area contributed by atoms with Crippen LogP contribution in [0.3, 0.4) is 0 Å². The number of nitrogens with zero attached hydrogens (tertiary/aromatic N) is 1. The fourth-order valence-corrected chi connectivity index (χ4v) is 4.59. The van der Waals surface area contributed by atoms with E-state index in [4.69, 9.17) is 19.9 Å². The molecule has 3 N–H and O–H groups in total. The molecule has 0 bridgehead atoms. The number of aryl methyl sites for hydroxylation is 1. The molecule has 1 heterocycles. The third-order valence-electron chi connectivity index (χ3n) is 6.75. The molecular weight excluding hydrogens is 534 g/mol. The largest absolute Gasteiger partial charge is 0.487 e. The van der Waals surface area contributed by atoms with Crippen molar-refractivity contribution < 1.29 is 28.6 Å². The standard InChI is InChI=1S/C33H39N3O6/c1-22(2)40-27-17-15-25(19-28(27)41-23(3)4)21-33(34,29(37)18-16-24-11-7-5-8-12-24)32(39)35-36-30(38)20-31(36)42-26-13-9-6-10-14-26/h5-15,17,19,22-23,31H,16,18,20-21,34H2,1-4H3,(H,35,39)/t31?,33-/m0/s1. The smallest absolute Gasteiger partial charge is 0.266 e. The zero-order valence-electron chi connectivity index (χ0n) is 24.5. The third-order valence-corrected chi connectivity index (χ3v) is 6.75. The van der Waals surface area contributed by atoms with Crippen LogP contribution in [-0.2, 0) is 27.2 Å². The lowest BCUT2D eigenvalue weighted by Gasteiger charge is -2.41. The summed E-state index contributed by atoms with van der Waals surface area (Å²) in [7, 11) is 0. The number of amides is 2. The molecule has 1 saturated heterocycles. The lowest BCUT2D eigenvalue weighted by atomic mass is 9.84. The molecule has 0 saturated carbocycles. The van der Waals surface area contributed by atoms with Gasteiger partial charge in [0.15, 0.2) is 22.8 Å². The van der Waals surface area contributed by atoms with Crippen LogP contribution in [-0.4, -0.2) is 46.6 Å². The van der Waals surface area contributed by atoms with Crippen molar-refractivity contribution >= 4 is 17.6 Å². The van der Waals surface area contributed by atoms with E-state index in [0.29, 0.717) is 29.2 Å². The SMILES string of the molecule is CC(C)Oc1ccc(C[C@](N)(C(=O)CCc2ccccc2)C(=O)NN2C(=O)CC2Oc2ccccc2)cc1OC(C)C. The average Bonchev–Trinajstić information content (AvgIpc) is 2.96. The minimum Gasteiger partial charge on any atom is -0.487 e. The van der Waals surface area contributed by atoms with Crippen molar-refractivity contribution in [2.45, 2.75) is 77.4 Å². The van der Waals surface area contributed by atoms with Gasteiger partial charge in [-0.15, -0.1) is 0 Å². The predicted molar refractivity (Wildman–Crippen MR) is 159 cm³/mol. The number of β-lactam (4-membered cyclic amide) rings is 1. The second kappa shape index (κ2) is 13.5. The van der Waals surface area contributed by atoms with Crippen molar-refractivity contribution in [3.63, 3.8) is 0 Å². The summed E-state index contributed by atoms with van der Waals surface area (Å²) in [6, 6.07) is 23.7. The van der Waals surface area contributed by atoms with E-state index in [2.05, 4.69) is 5.43 Å². The van der Waals surface area contributed by atoms with Gasteiger partial charge in [-0.05, 0) is 69.5 Å². The molecule has 42 heavy (non-hydrogen) atoms. The van der Waals surface area contributed by atoms with Gasteiger partial charge in [0.05, 0.1) is 18.6 Å². The van der Waals surface area contributed by atoms with Crippen molar-refractivity contribution in [3.05, 3.63) is 90.0 Å². The zero-order valence-corrected chi connectivity index (χ0v) is 24.5. The molecule has 9 heteroatoms. The lowest BCUT2D eigenvalue weighted by Crippen LogP contribution is -2.69. The number of hydrazine groups is 1. The van der Waals surface area contributed by atoms with Crippen molar-refractivity contribution in [1.82, 2.24) is 10.4 Å². The number of Topliss-reactive ketones (excluding diaryl/α,β-unsaturated/α-hetero) is 1. The van der Waals surface area contributed by atoms with E-state index in [0.717, 1.165) is 10.6 Å². The fourth-order valence-electron chi connectivity index (χ4n) is 4.59. The number of hydrogen-bond acceptors (Lipinski definition) is 7. The highest BCUT2D eigenvalue weighted by Gasteiger charge is 2.46. The molecule has 1 fully saturated rings. The van der Waals surface area contributed by atoms with E-state index in [1.165, 1.54) is 0 Å². The van der Waals surface area contributed by atoms with Crippen LogP contribution in [0, 0.1) is 0 Å². The third kappa shape index (κ3) is 7.67. The Morgan fingerprint density at radius 1 is 0.905 bits per heavy atom. The first-order valence-electron chi connectivity index (χ1n) is 14.2. The number of benzene rings is 3. The van der Waals surface area contributed by atoms with Gasteiger partial charge in [0.1, 0.15) is 5.75 Å². The summed E-state index contributed by atoms with van der Waals surface area (Å²) in [5.74, 6) is 0.0111. The Morgan fingerprint density at radius 3 is 2.14 bits per heavy atom. The zero-order chi connectivity index (χ0) is 30.3. The van der Waals surface area contributed by atoms with E-state index in [-0.39, 0.29) is 37.4 Å². The topological polar surface area (TPSA) is 120 Å². The second-order valence-corrected chi connectivity index (χ2v) is 11.0. The Morgan fingerprint density at radius 2 is 1.52 bits per heavy atom. The molecule has 0 aromatic heterocycles. The van der Waals surface area contributed by atoms with Gasteiger partial charge in [-0.1, -0.05) is 54.6 Å². The van der Waals surface area contributed by atoms with Gasteiger partial charge < -0.3 is 19.9 Å². The maximum atomic E-state index is 13.8. The molecular formula is C33H39N3O6. The molecule has 0 radical (unpaired) electrons. The fraction of sp³-hybridized carbons (Fsp3) is 0.364. The molecule has 9 nitrogen and oxygen atoms in total. The van der Waals surface area contributed by atoms with Crippen LogP contribution >= 0.6 is 0 Å². The Bertz CT molecular complexity index is 1380. The first-order valence-corrected chi connectivity index (χ1v) is 14.2. The van der Waals surface area contributed by atoms with Crippen LogP contribution in [0.1, 0.15) is 51.7 Å². The van der Waals surface area contributed by atoms with E-state index < -0.39 is 23.5 Å². The number of hydrogen-bond donors (Lipinski definition) is 2. The van der Waals surface area contributed by atoms with Gasteiger partial charge in [0.2, 0.25) is 12.1 Å². The number of para-hydroxylation sites is 1. The molecule has 1 aliphatic heterocycles. The quantitative estimate of drug-likeness (QED) is 0.217. The Balaban J connectivity index is 1.58. The summed E-state index contributed by atoms with van der Waals surface area (Å²) in [5, 5.41) is 1.09. The molecule has 1 aliphatic rings. The summed E-state index contributed by atoms with van der Waals surface area (Å²) in [6.45, 7) is 7.63. The minimum absolute atomic E-state index is 0.0374. The van der Waals surface area contributed by atoms with Gasteiger partial charge in [-0.3, -0.25) is 19.8 Å². The summed E-state index contributed by atoms with van der Waals surface area (Å²) in [4.78, 5) is 40.0. The molecule has 2 amide bonds. The van der Waals surface area contributed by atoms with Gasteiger partial charge in [-0.25, -0.2) is 5.01 Å². The van der Waals surface area contributed by atoms with Crippen LogP contribution in [0.25, 0.3) is 0 Å². The van der Waals surface area contributed by atoms with Crippen molar-refractivity contribution in [1.29, 1.82) is 0 Å². The first kappa shape index (κ1) is 30.6. The maximum Gasteiger partial charge on any atom is 0.266 e. The Kier molecular flexibility index (Phi) is 9.85. The lowest BCUT2D eigenvalue weighted by molar-refractivity contribution is -0.174. The van der Waals surface area contributed by atoms with Gasteiger partial charge in [0, 0.05) is 12.8 Å². The second-order valence-electron chi connectivity index (χ2n) is 11.0. The van der Waals surface area contributed by atoms with Crippen LogP contribution in [0.2, 0.25) is 0 Å². The molecule has 1 unspecified atom stereocenters. The number of carbonyl (C=O) groups is 3. The highest BCUT2D eigenvalue weighted by Crippen LogP contribution is 2.32. The molecule has 3 aromatic rings. The Labute approximate surface area is 246 Å². The molecule has 0 spiro atoms. The number of rotatable bonds is 14. The number of ketones is 1. The van der Waals surface area contributed by atoms with Crippen LogP contribution in [0.4, 0.5) is 0 Å². The van der Waals surface area contributed by atoms with Crippen molar-refractivity contribution in [3.8, 4) is 17.2 Å². The first-order chi connectivity index (χ1) is 20.0. The average molecular weight is 574 g/mol. The number of nitrogens with two attached hydrogens (primary N) is 1. The number of nitrogens with one attached hydrogen (secondary N) is 1. The van der Waals surface area contributed by atoms with Crippen molar-refractivity contribution in [2.75, 3.05) is 0 Å². The van der Waals surface area contributed by atoms with Crippen LogP contribution < -0.4 is 25.4 Å². The molecule has 2 atom stereocenters. The van der Waals surface area contributed by atoms with E-state index in [1.807, 2.05) is 76.2 Å². The van der Waals surface area contributed by atoms with Crippen molar-refractivity contribution in [2.24, 2.45) is 5.73 Å².